The van der Waals surface area contributed by atoms with Crippen LogP contribution in [0.25, 0.3) is 5.69 Å². The number of hydrogen-bond donors (Lipinski definition) is 1. The lowest BCUT2D eigenvalue weighted by atomic mass is 9.87. The van der Waals surface area contributed by atoms with Gasteiger partial charge in [0.05, 0.1) is 22.6 Å². The van der Waals surface area contributed by atoms with Gasteiger partial charge in [-0.2, -0.15) is 5.11 Å². The molecule has 31 heavy (non-hydrogen) atoms. The Kier molecular flexibility index (Phi) is 6.34. The Bertz CT molecular complexity index is 1160. The number of aryl methyl sites for hydroxylation is 1. The first kappa shape index (κ1) is 22.0. The van der Waals surface area contributed by atoms with Crippen molar-refractivity contribution in [3.8, 4) is 5.69 Å². The molecular formula is C24H26N4O3. The molecule has 0 aliphatic rings. The zero-order valence-electron chi connectivity index (χ0n) is 18.2. The number of nitrogens with one attached hydrogen (secondary N) is 1. The molecule has 2 aromatic carbocycles. The minimum atomic E-state index is -0.451. The molecule has 160 valence electrons. The van der Waals surface area contributed by atoms with Crippen molar-refractivity contribution in [1.82, 2.24) is 9.78 Å². The Morgan fingerprint density at radius 1 is 1.10 bits per heavy atom. The van der Waals surface area contributed by atoms with Crippen LogP contribution in [0.4, 0.5) is 11.4 Å². The average Bonchev–Trinajstić information content (AvgIpc) is 3.03. The van der Waals surface area contributed by atoms with Crippen molar-refractivity contribution in [2.45, 2.75) is 33.1 Å². The van der Waals surface area contributed by atoms with Crippen LogP contribution in [0.3, 0.4) is 0 Å². The van der Waals surface area contributed by atoms with E-state index in [1.54, 1.807) is 31.2 Å². The summed E-state index contributed by atoms with van der Waals surface area (Å²) in [4.78, 5) is 24.7. The molecule has 3 aromatic rings. The van der Waals surface area contributed by atoms with Gasteiger partial charge in [-0.3, -0.25) is 9.89 Å². The quantitative estimate of drug-likeness (QED) is 0.324. The number of H-pyrrole nitrogens is 1. The van der Waals surface area contributed by atoms with E-state index in [9.17, 15) is 9.59 Å². The Labute approximate surface area is 181 Å². The van der Waals surface area contributed by atoms with E-state index >= 15 is 0 Å². The van der Waals surface area contributed by atoms with Crippen LogP contribution in [0.15, 0.2) is 76.2 Å². The number of carbonyl (C=O) groups is 1. The van der Waals surface area contributed by atoms with E-state index < -0.39 is 5.97 Å². The maximum absolute atomic E-state index is 12.8. The lowest BCUT2D eigenvalue weighted by molar-refractivity contribution is 0.0549. The maximum atomic E-state index is 12.8. The molecule has 0 bridgehead atoms. The van der Waals surface area contributed by atoms with Crippen molar-refractivity contribution < 1.29 is 9.53 Å². The number of esters is 1. The normalized spacial score (nSPS) is 11.6. The van der Waals surface area contributed by atoms with Gasteiger partial charge in [-0.15, -0.1) is 5.11 Å². The van der Waals surface area contributed by atoms with Gasteiger partial charge >= 0.3 is 5.97 Å². The molecule has 1 N–H and O–H groups in total. The van der Waals surface area contributed by atoms with Crippen LogP contribution in [-0.4, -0.2) is 22.4 Å². The third-order valence-corrected chi connectivity index (χ3v) is 4.73. The molecular weight excluding hydrogens is 392 g/mol. The topological polar surface area (TPSA) is 88.8 Å². The molecule has 7 nitrogen and oxygen atoms in total. The largest absolute Gasteiger partial charge is 0.458 e. The molecule has 0 radical (unpaired) electrons. The summed E-state index contributed by atoms with van der Waals surface area (Å²) in [5, 5.41) is 11.4. The Hall–Kier alpha value is -3.74. The van der Waals surface area contributed by atoms with Crippen LogP contribution in [0.2, 0.25) is 0 Å². The predicted molar refractivity (Wildman–Crippen MR) is 121 cm³/mol. The number of benzene rings is 2. The second-order valence-corrected chi connectivity index (χ2v) is 8.16. The van der Waals surface area contributed by atoms with E-state index in [0.717, 1.165) is 0 Å². The number of ether oxygens (including phenoxy) is 1. The van der Waals surface area contributed by atoms with E-state index in [0.29, 0.717) is 22.6 Å². The monoisotopic (exact) mass is 418 g/mol. The third-order valence-electron chi connectivity index (χ3n) is 4.73. The minimum absolute atomic E-state index is 0.0541. The van der Waals surface area contributed by atoms with Crippen molar-refractivity contribution in [3.63, 3.8) is 0 Å². The van der Waals surface area contributed by atoms with Crippen LogP contribution in [0.5, 0.6) is 0 Å². The van der Waals surface area contributed by atoms with Crippen LogP contribution in [0.1, 0.15) is 42.4 Å². The van der Waals surface area contributed by atoms with E-state index in [1.165, 1.54) is 16.3 Å². The average molecular weight is 418 g/mol. The highest BCUT2D eigenvalue weighted by Gasteiger charge is 2.14. The standard InChI is InChI=1S/C24H26N4O3/c1-6-15-31-23(30)17-7-13-20(14-8-17)28-22(29)21(16(2)27-28)26-25-19-11-9-18(10-12-19)24(3,4)5/h6-14,27H,1,15H2,2-5H3. The number of hydrogen-bond acceptors (Lipinski definition) is 5. The van der Waals surface area contributed by atoms with E-state index in [1.807, 2.05) is 24.3 Å². The van der Waals surface area contributed by atoms with E-state index in [4.69, 9.17) is 4.74 Å². The van der Waals surface area contributed by atoms with Gasteiger partial charge in [0.1, 0.15) is 6.61 Å². The van der Waals surface area contributed by atoms with Gasteiger partial charge in [-0.05, 0) is 54.3 Å². The second kappa shape index (κ2) is 8.95. The SMILES string of the molecule is C=CCOC(=O)c1ccc(-n2[nH]c(C)c(N=Nc3ccc(C(C)(C)C)cc3)c2=O)cc1. The van der Waals surface area contributed by atoms with Crippen LogP contribution in [-0.2, 0) is 10.2 Å². The number of aromatic nitrogens is 2. The highest BCUT2D eigenvalue weighted by molar-refractivity contribution is 5.89. The molecule has 0 unspecified atom stereocenters. The van der Waals surface area contributed by atoms with Crippen molar-refractivity contribution in [1.29, 1.82) is 0 Å². The molecule has 0 saturated heterocycles. The number of rotatable bonds is 6. The molecule has 0 amide bonds. The maximum Gasteiger partial charge on any atom is 0.338 e. The first-order valence-corrected chi connectivity index (χ1v) is 9.93. The van der Waals surface area contributed by atoms with Gasteiger partial charge in [-0.1, -0.05) is 45.6 Å². The number of nitrogens with zero attached hydrogens (tertiary/aromatic N) is 3. The summed E-state index contributed by atoms with van der Waals surface area (Å²) in [6.45, 7) is 11.8. The molecule has 1 heterocycles. The van der Waals surface area contributed by atoms with Gasteiger partial charge < -0.3 is 4.74 Å². The predicted octanol–water partition coefficient (Wildman–Crippen LogP) is 5.53. The molecule has 0 aliphatic carbocycles. The molecule has 0 spiro atoms. The number of azo groups is 1. The smallest absolute Gasteiger partial charge is 0.338 e. The highest BCUT2D eigenvalue weighted by Crippen LogP contribution is 2.25. The van der Waals surface area contributed by atoms with Crippen molar-refractivity contribution in [2.24, 2.45) is 10.2 Å². The van der Waals surface area contributed by atoms with Crippen LogP contribution >= 0.6 is 0 Å². The molecule has 0 atom stereocenters. The van der Waals surface area contributed by atoms with Crippen LogP contribution < -0.4 is 5.56 Å². The lowest BCUT2D eigenvalue weighted by Gasteiger charge is -2.18. The summed E-state index contributed by atoms with van der Waals surface area (Å²) in [5.41, 5.74) is 3.38. The lowest BCUT2D eigenvalue weighted by Crippen LogP contribution is -2.14. The fourth-order valence-corrected chi connectivity index (χ4v) is 2.94. The number of carbonyl (C=O) groups excluding carboxylic acids is 1. The molecule has 3 rings (SSSR count). The summed E-state index contributed by atoms with van der Waals surface area (Å²) in [7, 11) is 0. The fourth-order valence-electron chi connectivity index (χ4n) is 2.94. The van der Waals surface area contributed by atoms with Crippen molar-refractivity contribution in [3.05, 3.63) is 88.4 Å². The zero-order valence-corrected chi connectivity index (χ0v) is 18.2. The Morgan fingerprint density at radius 3 is 2.32 bits per heavy atom. The summed E-state index contributed by atoms with van der Waals surface area (Å²) in [6.07, 6.45) is 1.50. The Morgan fingerprint density at radius 2 is 1.74 bits per heavy atom. The summed E-state index contributed by atoms with van der Waals surface area (Å²) >= 11 is 0. The second-order valence-electron chi connectivity index (χ2n) is 8.16. The van der Waals surface area contributed by atoms with Crippen LogP contribution in [0, 0.1) is 6.92 Å². The summed E-state index contributed by atoms with van der Waals surface area (Å²) in [6, 6.07) is 14.3. The molecule has 0 fully saturated rings. The van der Waals surface area contributed by atoms with Gasteiger partial charge in [0.15, 0.2) is 5.69 Å². The zero-order chi connectivity index (χ0) is 22.6. The first-order valence-electron chi connectivity index (χ1n) is 9.93. The van der Waals surface area contributed by atoms with Gasteiger partial charge in [0, 0.05) is 0 Å². The van der Waals surface area contributed by atoms with Crippen molar-refractivity contribution in [2.75, 3.05) is 6.61 Å². The van der Waals surface area contributed by atoms with E-state index in [2.05, 4.69) is 42.7 Å². The first-order chi connectivity index (χ1) is 14.7. The minimum Gasteiger partial charge on any atom is -0.458 e. The highest BCUT2D eigenvalue weighted by atomic mass is 16.5. The fraction of sp³-hybridized carbons (Fsp3) is 0.250. The summed E-state index contributed by atoms with van der Waals surface area (Å²) in [5.74, 6) is -0.451. The van der Waals surface area contributed by atoms with E-state index in [-0.39, 0.29) is 23.3 Å². The summed E-state index contributed by atoms with van der Waals surface area (Å²) < 4.78 is 6.38. The van der Waals surface area contributed by atoms with Crippen molar-refractivity contribution >= 4 is 17.3 Å². The molecule has 1 aromatic heterocycles. The molecule has 0 saturated carbocycles. The molecule has 0 aliphatic heterocycles. The van der Waals surface area contributed by atoms with Gasteiger partial charge in [-0.25, -0.2) is 9.48 Å². The van der Waals surface area contributed by atoms with Gasteiger partial charge in [0.2, 0.25) is 0 Å². The van der Waals surface area contributed by atoms with Gasteiger partial charge in [0.25, 0.3) is 5.56 Å². The number of aromatic amines is 1. The third kappa shape index (κ3) is 5.06. The molecule has 7 heteroatoms. The Balaban J connectivity index is 1.82.